The topological polar surface area (TPSA) is 90.8 Å². The van der Waals surface area contributed by atoms with Crippen molar-refractivity contribution in [1.82, 2.24) is 20.0 Å². The van der Waals surface area contributed by atoms with Crippen LogP contribution in [0.3, 0.4) is 0 Å². The SMILES string of the molecule is COc1ccc([C@H]2CC(c3nnn(-c4ccc(C)cc4)c3C)=NN2C(N)=S)cc1OC. The Kier molecular flexibility index (Phi) is 5.60. The molecule has 0 saturated heterocycles. The second kappa shape index (κ2) is 8.35. The molecule has 8 nitrogen and oxygen atoms in total. The molecular weight excluding hydrogens is 412 g/mol. The number of aromatic nitrogens is 3. The second-order valence-corrected chi connectivity index (χ2v) is 7.75. The van der Waals surface area contributed by atoms with Gasteiger partial charge in [0.2, 0.25) is 0 Å². The van der Waals surface area contributed by atoms with Gasteiger partial charge < -0.3 is 15.2 Å². The molecular formula is C22H24N6O2S. The summed E-state index contributed by atoms with van der Waals surface area (Å²) in [6.07, 6.45) is 0.584. The molecule has 1 aromatic heterocycles. The van der Waals surface area contributed by atoms with Gasteiger partial charge in [-0.2, -0.15) is 5.10 Å². The third-order valence-electron chi connectivity index (χ3n) is 5.37. The van der Waals surface area contributed by atoms with Crippen molar-refractivity contribution in [2.45, 2.75) is 26.3 Å². The van der Waals surface area contributed by atoms with Gasteiger partial charge in [0, 0.05) is 6.42 Å². The molecule has 0 aliphatic carbocycles. The molecule has 160 valence electrons. The summed E-state index contributed by atoms with van der Waals surface area (Å²) in [5.74, 6) is 1.29. The van der Waals surface area contributed by atoms with Crippen molar-refractivity contribution in [1.29, 1.82) is 0 Å². The molecule has 31 heavy (non-hydrogen) atoms. The zero-order valence-corrected chi connectivity index (χ0v) is 18.7. The van der Waals surface area contributed by atoms with Crippen LogP contribution in [0.2, 0.25) is 0 Å². The number of nitrogens with two attached hydrogens (primary N) is 1. The lowest BCUT2D eigenvalue weighted by Crippen LogP contribution is -2.31. The molecule has 0 amide bonds. The molecule has 1 aliphatic heterocycles. The predicted molar refractivity (Wildman–Crippen MR) is 123 cm³/mol. The van der Waals surface area contributed by atoms with E-state index in [9.17, 15) is 0 Å². The van der Waals surface area contributed by atoms with Crippen molar-refractivity contribution in [3.8, 4) is 17.2 Å². The quantitative estimate of drug-likeness (QED) is 0.614. The fourth-order valence-corrected chi connectivity index (χ4v) is 3.87. The van der Waals surface area contributed by atoms with Crippen molar-refractivity contribution in [2.24, 2.45) is 10.8 Å². The molecule has 2 aromatic carbocycles. The average Bonchev–Trinajstić information content (AvgIpc) is 3.38. The largest absolute Gasteiger partial charge is 0.493 e. The van der Waals surface area contributed by atoms with Crippen LogP contribution in [0.4, 0.5) is 0 Å². The fraction of sp³-hybridized carbons (Fsp3) is 0.273. The first-order valence-electron chi connectivity index (χ1n) is 9.80. The molecule has 0 bridgehead atoms. The maximum atomic E-state index is 5.99. The molecule has 9 heteroatoms. The molecule has 2 N–H and O–H groups in total. The Labute approximate surface area is 186 Å². The minimum atomic E-state index is -0.170. The number of aryl methyl sites for hydroxylation is 1. The first kappa shape index (κ1) is 20.8. The molecule has 0 spiro atoms. The molecule has 0 saturated carbocycles. The van der Waals surface area contributed by atoms with Gasteiger partial charge in [0.15, 0.2) is 16.6 Å². The number of hydrazone groups is 1. The molecule has 0 unspecified atom stereocenters. The van der Waals surface area contributed by atoms with Gasteiger partial charge >= 0.3 is 0 Å². The van der Waals surface area contributed by atoms with Crippen molar-refractivity contribution >= 4 is 23.0 Å². The fourth-order valence-electron chi connectivity index (χ4n) is 3.70. The van der Waals surface area contributed by atoms with E-state index in [1.807, 2.05) is 54.1 Å². The lowest BCUT2D eigenvalue weighted by atomic mass is 9.99. The van der Waals surface area contributed by atoms with E-state index < -0.39 is 0 Å². The van der Waals surface area contributed by atoms with E-state index in [1.165, 1.54) is 5.56 Å². The number of nitrogens with zero attached hydrogens (tertiary/aromatic N) is 5. The van der Waals surface area contributed by atoms with E-state index in [2.05, 4.69) is 17.2 Å². The van der Waals surface area contributed by atoms with E-state index in [0.29, 0.717) is 17.9 Å². The molecule has 4 rings (SSSR count). The highest BCUT2D eigenvalue weighted by molar-refractivity contribution is 7.80. The lowest BCUT2D eigenvalue weighted by molar-refractivity contribution is 0.347. The van der Waals surface area contributed by atoms with Gasteiger partial charge in [-0.25, -0.2) is 9.69 Å². The van der Waals surface area contributed by atoms with Crippen LogP contribution in [0.25, 0.3) is 5.69 Å². The summed E-state index contributed by atoms with van der Waals surface area (Å²) < 4.78 is 12.6. The van der Waals surface area contributed by atoms with E-state index in [-0.39, 0.29) is 11.2 Å². The number of rotatable bonds is 5. The third-order valence-corrected chi connectivity index (χ3v) is 5.56. The van der Waals surface area contributed by atoms with Crippen molar-refractivity contribution < 1.29 is 9.47 Å². The zero-order valence-electron chi connectivity index (χ0n) is 17.9. The second-order valence-electron chi connectivity index (χ2n) is 7.33. The Morgan fingerprint density at radius 1 is 1.06 bits per heavy atom. The normalized spacial score (nSPS) is 15.7. The highest BCUT2D eigenvalue weighted by Crippen LogP contribution is 2.37. The zero-order chi connectivity index (χ0) is 22.1. The number of methoxy groups -OCH3 is 2. The van der Waals surface area contributed by atoms with E-state index >= 15 is 0 Å². The van der Waals surface area contributed by atoms with E-state index in [4.69, 9.17) is 32.5 Å². The summed E-state index contributed by atoms with van der Waals surface area (Å²) in [7, 11) is 3.21. The molecule has 0 radical (unpaired) electrons. The highest BCUT2D eigenvalue weighted by atomic mass is 32.1. The molecule has 3 aromatic rings. The number of hydrogen-bond donors (Lipinski definition) is 1. The van der Waals surface area contributed by atoms with Crippen LogP contribution in [0.15, 0.2) is 47.6 Å². The van der Waals surface area contributed by atoms with Crippen LogP contribution in [0, 0.1) is 13.8 Å². The summed E-state index contributed by atoms with van der Waals surface area (Å²) in [6, 6.07) is 13.7. The Hall–Kier alpha value is -3.46. The average molecular weight is 437 g/mol. The van der Waals surface area contributed by atoms with Gasteiger partial charge in [0.1, 0.15) is 5.69 Å². The summed E-state index contributed by atoms with van der Waals surface area (Å²) in [6.45, 7) is 4.03. The maximum absolute atomic E-state index is 5.99. The van der Waals surface area contributed by atoms with Gasteiger partial charge in [-0.3, -0.25) is 0 Å². The van der Waals surface area contributed by atoms with Crippen LogP contribution in [0.5, 0.6) is 11.5 Å². The van der Waals surface area contributed by atoms with Crippen LogP contribution in [-0.2, 0) is 0 Å². The lowest BCUT2D eigenvalue weighted by Gasteiger charge is -2.22. The minimum Gasteiger partial charge on any atom is -0.493 e. The summed E-state index contributed by atoms with van der Waals surface area (Å²) in [5, 5.41) is 15.3. The number of thiocarbonyl (C=S) groups is 1. The third kappa shape index (κ3) is 3.84. The number of hydrogen-bond acceptors (Lipinski definition) is 6. The van der Waals surface area contributed by atoms with Crippen LogP contribution in [-0.4, -0.2) is 45.0 Å². The number of benzene rings is 2. The maximum Gasteiger partial charge on any atom is 0.187 e. The Morgan fingerprint density at radius 3 is 2.42 bits per heavy atom. The summed E-state index contributed by atoms with van der Waals surface area (Å²) >= 11 is 5.27. The van der Waals surface area contributed by atoms with Crippen molar-refractivity contribution in [3.63, 3.8) is 0 Å². The van der Waals surface area contributed by atoms with Gasteiger partial charge in [-0.1, -0.05) is 29.0 Å². The molecule has 0 fully saturated rings. The summed E-state index contributed by atoms with van der Waals surface area (Å²) in [5.41, 5.74) is 11.5. The minimum absolute atomic E-state index is 0.170. The van der Waals surface area contributed by atoms with Gasteiger partial charge in [-0.05, 0) is 55.9 Å². The van der Waals surface area contributed by atoms with Crippen LogP contribution in [0.1, 0.15) is 35.0 Å². The van der Waals surface area contributed by atoms with Crippen molar-refractivity contribution in [3.05, 3.63) is 65.0 Å². The smallest absolute Gasteiger partial charge is 0.187 e. The highest BCUT2D eigenvalue weighted by Gasteiger charge is 2.33. The van der Waals surface area contributed by atoms with Crippen LogP contribution >= 0.6 is 12.2 Å². The van der Waals surface area contributed by atoms with E-state index in [0.717, 1.165) is 28.4 Å². The monoisotopic (exact) mass is 436 g/mol. The van der Waals surface area contributed by atoms with E-state index in [1.54, 1.807) is 19.2 Å². The van der Waals surface area contributed by atoms with Gasteiger partial charge in [0.05, 0.1) is 37.4 Å². The molecule has 1 aliphatic rings. The standard InChI is InChI=1S/C22H24N6O2S/c1-13-5-8-16(9-6-13)27-14(2)21(24-26-27)17-12-18(28(25-17)22(23)31)15-7-10-19(29-3)20(11-15)30-4/h5-11,18H,12H2,1-4H3,(H2,23,31)/t18-/m1/s1. The van der Waals surface area contributed by atoms with Crippen LogP contribution < -0.4 is 15.2 Å². The van der Waals surface area contributed by atoms with Gasteiger partial charge in [-0.15, -0.1) is 5.10 Å². The Balaban J connectivity index is 1.68. The first-order valence-corrected chi connectivity index (χ1v) is 10.2. The Bertz CT molecular complexity index is 1160. The summed E-state index contributed by atoms with van der Waals surface area (Å²) in [4.78, 5) is 0. The molecule has 1 atom stereocenters. The Morgan fingerprint density at radius 2 is 1.77 bits per heavy atom. The van der Waals surface area contributed by atoms with Gasteiger partial charge in [0.25, 0.3) is 0 Å². The first-order chi connectivity index (χ1) is 14.9. The van der Waals surface area contributed by atoms with Crippen molar-refractivity contribution in [2.75, 3.05) is 14.2 Å². The predicted octanol–water partition coefficient (Wildman–Crippen LogP) is 3.30. The molecule has 2 heterocycles. The number of ether oxygens (including phenoxy) is 2.